The molecule has 5 nitrogen and oxygen atoms in total. The van der Waals surface area contributed by atoms with Gasteiger partial charge in [0.05, 0.1) is 12.0 Å². The molecule has 1 amide bonds. The first-order chi connectivity index (χ1) is 6.52. The number of likely N-dealkylation sites (N-methyl/N-ethyl adjacent to an activating group) is 1. The van der Waals surface area contributed by atoms with E-state index in [1.54, 1.807) is 36.1 Å². The molecule has 78 valence electrons. The number of hydrogen-bond acceptors (Lipinski definition) is 3. The van der Waals surface area contributed by atoms with Crippen LogP contribution in [0.15, 0.2) is 12.5 Å². The Morgan fingerprint density at radius 1 is 1.71 bits per heavy atom. The molecule has 14 heavy (non-hydrogen) atoms. The van der Waals surface area contributed by atoms with Gasteiger partial charge in [-0.05, 0) is 6.92 Å². The van der Waals surface area contributed by atoms with Crippen molar-refractivity contribution in [1.82, 2.24) is 14.5 Å². The van der Waals surface area contributed by atoms with Gasteiger partial charge in [0.25, 0.3) is 0 Å². The monoisotopic (exact) mass is 196 g/mol. The number of amides is 1. The molecule has 0 aliphatic heterocycles. The Hall–Kier alpha value is -1.36. The van der Waals surface area contributed by atoms with E-state index in [2.05, 4.69) is 4.98 Å². The van der Waals surface area contributed by atoms with Crippen LogP contribution >= 0.6 is 0 Å². The molecular weight excluding hydrogens is 180 g/mol. The summed E-state index contributed by atoms with van der Waals surface area (Å²) in [5.41, 5.74) is 6.60. The van der Waals surface area contributed by atoms with Crippen LogP contribution in [-0.2, 0) is 11.3 Å². The fraction of sp³-hybridized carbons (Fsp3) is 0.556. The van der Waals surface area contributed by atoms with Crippen molar-refractivity contribution in [1.29, 1.82) is 0 Å². The molecule has 0 fully saturated rings. The third-order valence-electron chi connectivity index (χ3n) is 2.02. The summed E-state index contributed by atoms with van der Waals surface area (Å²) in [5, 5.41) is 0. The average molecular weight is 196 g/mol. The lowest BCUT2D eigenvalue weighted by molar-refractivity contribution is -0.129. The molecule has 2 N–H and O–H groups in total. The number of carbonyl (C=O) groups excluding carboxylic acids is 1. The van der Waals surface area contributed by atoms with Crippen molar-refractivity contribution in [3.8, 4) is 0 Å². The maximum Gasteiger partial charge on any atom is 0.242 e. The summed E-state index contributed by atoms with van der Waals surface area (Å²) < 4.78 is 1.77. The fourth-order valence-corrected chi connectivity index (χ4v) is 1.13. The summed E-state index contributed by atoms with van der Waals surface area (Å²) in [6.45, 7) is 2.16. The predicted molar refractivity (Wildman–Crippen MR) is 53.5 cm³/mol. The highest BCUT2D eigenvalue weighted by atomic mass is 16.2. The molecule has 1 rings (SSSR count). The van der Waals surface area contributed by atoms with Crippen LogP contribution in [0.4, 0.5) is 0 Å². The highest BCUT2D eigenvalue weighted by molar-refractivity contribution is 5.75. The first kappa shape index (κ1) is 10.7. The largest absolute Gasteiger partial charge is 0.347 e. The van der Waals surface area contributed by atoms with Crippen molar-refractivity contribution in [2.45, 2.75) is 19.5 Å². The second kappa shape index (κ2) is 4.23. The first-order valence-corrected chi connectivity index (χ1v) is 4.48. The summed E-state index contributed by atoms with van der Waals surface area (Å²) in [5.74, 6) is 0.0323. The van der Waals surface area contributed by atoms with Crippen LogP contribution in [0.2, 0.25) is 0 Å². The van der Waals surface area contributed by atoms with Crippen LogP contribution in [0, 0.1) is 0 Å². The van der Waals surface area contributed by atoms with E-state index in [9.17, 15) is 4.79 Å². The fourth-order valence-electron chi connectivity index (χ4n) is 1.13. The molecule has 0 bridgehead atoms. The topological polar surface area (TPSA) is 64.1 Å². The van der Waals surface area contributed by atoms with E-state index in [0.29, 0.717) is 6.54 Å². The highest BCUT2D eigenvalue weighted by Crippen LogP contribution is 2.08. The van der Waals surface area contributed by atoms with Gasteiger partial charge in [0.2, 0.25) is 5.91 Å². The second-order valence-corrected chi connectivity index (χ2v) is 3.52. The standard InChI is InChI=1S/C9H16N4O/c1-7(10)8-4-11-6-13(8)5-9(14)12(2)3/h4,6-7H,5,10H2,1-3H3/t7-/m0/s1. The van der Waals surface area contributed by atoms with Crippen molar-refractivity contribution >= 4 is 5.91 Å². The van der Waals surface area contributed by atoms with Crippen molar-refractivity contribution in [2.24, 2.45) is 5.73 Å². The van der Waals surface area contributed by atoms with Gasteiger partial charge in [-0.15, -0.1) is 0 Å². The quantitative estimate of drug-likeness (QED) is 0.739. The molecule has 0 saturated carbocycles. The van der Waals surface area contributed by atoms with Crippen LogP contribution in [-0.4, -0.2) is 34.5 Å². The van der Waals surface area contributed by atoms with Gasteiger partial charge in [-0.25, -0.2) is 4.98 Å². The Morgan fingerprint density at radius 3 is 2.86 bits per heavy atom. The maximum atomic E-state index is 11.4. The van der Waals surface area contributed by atoms with Crippen LogP contribution in [0.5, 0.6) is 0 Å². The summed E-state index contributed by atoms with van der Waals surface area (Å²) in [6.07, 6.45) is 3.31. The number of hydrogen-bond donors (Lipinski definition) is 1. The number of nitrogens with two attached hydrogens (primary N) is 1. The van der Waals surface area contributed by atoms with Crippen molar-refractivity contribution in [3.63, 3.8) is 0 Å². The molecule has 0 aliphatic rings. The van der Waals surface area contributed by atoms with Gasteiger partial charge in [-0.1, -0.05) is 0 Å². The number of nitrogens with zero attached hydrogens (tertiary/aromatic N) is 3. The Morgan fingerprint density at radius 2 is 2.36 bits per heavy atom. The Kier molecular flexibility index (Phi) is 3.24. The molecule has 5 heteroatoms. The summed E-state index contributed by atoms with van der Waals surface area (Å²) in [4.78, 5) is 16.9. The van der Waals surface area contributed by atoms with Gasteiger partial charge in [-0.3, -0.25) is 4.79 Å². The smallest absolute Gasteiger partial charge is 0.242 e. The molecule has 0 aliphatic carbocycles. The van der Waals surface area contributed by atoms with Gasteiger partial charge >= 0.3 is 0 Å². The van der Waals surface area contributed by atoms with E-state index in [0.717, 1.165) is 5.69 Å². The zero-order valence-corrected chi connectivity index (χ0v) is 8.77. The Balaban J connectivity index is 2.76. The van der Waals surface area contributed by atoms with Crippen LogP contribution in [0.25, 0.3) is 0 Å². The molecule has 1 heterocycles. The van der Waals surface area contributed by atoms with E-state index in [1.165, 1.54) is 0 Å². The predicted octanol–water partition coefficient (Wildman–Crippen LogP) is -0.00900. The molecule has 1 aromatic heterocycles. The normalized spacial score (nSPS) is 12.6. The van der Waals surface area contributed by atoms with E-state index in [-0.39, 0.29) is 11.9 Å². The average Bonchev–Trinajstić information content (AvgIpc) is 2.52. The number of aromatic nitrogens is 2. The lowest BCUT2D eigenvalue weighted by atomic mass is 10.3. The number of rotatable bonds is 3. The Labute approximate surface area is 83.5 Å². The highest BCUT2D eigenvalue weighted by Gasteiger charge is 2.10. The molecular formula is C9H16N4O. The summed E-state index contributed by atoms with van der Waals surface area (Å²) in [6, 6.07) is -0.104. The van der Waals surface area contributed by atoms with Gasteiger partial charge in [-0.2, -0.15) is 0 Å². The van der Waals surface area contributed by atoms with Gasteiger partial charge in [0, 0.05) is 26.3 Å². The lowest BCUT2D eigenvalue weighted by Gasteiger charge is -2.13. The van der Waals surface area contributed by atoms with Gasteiger partial charge in [0.15, 0.2) is 0 Å². The molecule has 1 atom stereocenters. The van der Waals surface area contributed by atoms with Crippen LogP contribution in [0.3, 0.4) is 0 Å². The van der Waals surface area contributed by atoms with E-state index in [1.807, 2.05) is 6.92 Å². The SMILES string of the molecule is C[C@H](N)c1cncn1CC(=O)N(C)C. The van der Waals surface area contributed by atoms with Crippen LogP contribution < -0.4 is 5.73 Å². The van der Waals surface area contributed by atoms with E-state index >= 15 is 0 Å². The minimum absolute atomic E-state index is 0.0323. The molecule has 0 radical (unpaired) electrons. The molecule has 0 unspecified atom stereocenters. The molecule has 1 aromatic rings. The molecule has 0 aromatic carbocycles. The maximum absolute atomic E-state index is 11.4. The van der Waals surface area contributed by atoms with Crippen LogP contribution in [0.1, 0.15) is 18.7 Å². The number of carbonyl (C=O) groups is 1. The number of imidazole rings is 1. The van der Waals surface area contributed by atoms with Gasteiger partial charge in [0.1, 0.15) is 6.54 Å². The van der Waals surface area contributed by atoms with E-state index < -0.39 is 0 Å². The lowest BCUT2D eigenvalue weighted by Crippen LogP contribution is -2.27. The summed E-state index contributed by atoms with van der Waals surface area (Å²) in [7, 11) is 3.45. The molecule has 0 spiro atoms. The second-order valence-electron chi connectivity index (χ2n) is 3.52. The zero-order valence-electron chi connectivity index (χ0n) is 8.77. The van der Waals surface area contributed by atoms with Gasteiger partial charge < -0.3 is 15.2 Å². The first-order valence-electron chi connectivity index (χ1n) is 4.48. The van der Waals surface area contributed by atoms with E-state index in [4.69, 9.17) is 5.73 Å². The van der Waals surface area contributed by atoms with Crippen molar-refractivity contribution in [2.75, 3.05) is 14.1 Å². The minimum Gasteiger partial charge on any atom is -0.347 e. The zero-order chi connectivity index (χ0) is 10.7. The third-order valence-corrected chi connectivity index (χ3v) is 2.02. The van der Waals surface area contributed by atoms with Crippen molar-refractivity contribution in [3.05, 3.63) is 18.2 Å². The Bertz CT molecular complexity index is 316. The van der Waals surface area contributed by atoms with Crippen molar-refractivity contribution < 1.29 is 4.79 Å². The summed E-state index contributed by atoms with van der Waals surface area (Å²) >= 11 is 0. The molecule has 0 saturated heterocycles. The third kappa shape index (κ3) is 2.32. The minimum atomic E-state index is -0.104.